The van der Waals surface area contributed by atoms with Crippen molar-refractivity contribution in [3.8, 4) is 0 Å². The number of benzene rings is 1. The zero-order valence-corrected chi connectivity index (χ0v) is 20.3. The number of halogens is 1. The van der Waals surface area contributed by atoms with Gasteiger partial charge in [-0.1, -0.05) is 28.8 Å². The minimum absolute atomic E-state index is 0.125. The molecule has 1 aliphatic heterocycles. The molecule has 2 unspecified atom stereocenters. The maximum Gasteiger partial charge on any atom is 0.227 e. The molecule has 31 heavy (non-hydrogen) atoms. The van der Waals surface area contributed by atoms with Crippen molar-refractivity contribution in [2.45, 2.75) is 77.5 Å². The van der Waals surface area contributed by atoms with Crippen LogP contribution in [-0.4, -0.2) is 34.1 Å². The summed E-state index contributed by atoms with van der Waals surface area (Å²) in [5.41, 5.74) is 11.8. The van der Waals surface area contributed by atoms with Gasteiger partial charge in [-0.25, -0.2) is 0 Å². The van der Waals surface area contributed by atoms with Gasteiger partial charge in [-0.2, -0.15) is 9.97 Å². The van der Waals surface area contributed by atoms with Crippen LogP contribution in [-0.2, 0) is 0 Å². The lowest BCUT2D eigenvalue weighted by molar-refractivity contribution is 0.402. The van der Waals surface area contributed by atoms with E-state index in [0.717, 1.165) is 40.3 Å². The van der Waals surface area contributed by atoms with Crippen molar-refractivity contribution in [2.24, 2.45) is 5.73 Å². The highest BCUT2D eigenvalue weighted by Crippen LogP contribution is 2.41. The number of hydrogen-bond acceptors (Lipinski definition) is 8. The van der Waals surface area contributed by atoms with Crippen molar-refractivity contribution in [2.75, 3.05) is 20.7 Å². The molecule has 4 rings (SSSR count). The van der Waals surface area contributed by atoms with Crippen LogP contribution in [0.4, 0.5) is 29.0 Å². The number of nitrogens with two attached hydrogens (primary N) is 1. The van der Waals surface area contributed by atoms with E-state index in [1.54, 1.807) is 0 Å². The smallest absolute Gasteiger partial charge is 0.227 e. The Kier molecular flexibility index (Phi) is 6.55. The Morgan fingerprint density at radius 1 is 1.03 bits per heavy atom. The fourth-order valence-electron chi connectivity index (χ4n) is 4.11. The standard InChI is InChI=1S/C22H33BrN8/c1-13(2)30-19-20(25-16-11-9-15(23)10-12-16)27-22(26-18-8-6-5-7-17(18)24)28-21(19)31(29-30)14(3)4/h9-14,17-18,29H,5-8,24H2,1-4H3,(H2,25,26,27,28). The van der Waals surface area contributed by atoms with E-state index in [9.17, 15) is 0 Å². The number of fused-ring (bicyclic) bond motifs is 1. The SMILES string of the molecule is CC(C)N1NN(C(C)C)c2c(Nc3ccc(Br)cc3)nc(NC3CCCCC3N)nc21. The monoisotopic (exact) mass is 488 g/mol. The van der Waals surface area contributed by atoms with Crippen LogP contribution in [0.15, 0.2) is 28.7 Å². The maximum atomic E-state index is 6.38. The second-order valence-corrected chi connectivity index (χ2v) is 9.84. The summed E-state index contributed by atoms with van der Waals surface area (Å²) >= 11 is 3.51. The normalized spacial score (nSPS) is 21.0. The molecule has 1 fully saturated rings. The molecule has 5 N–H and O–H groups in total. The molecule has 0 amide bonds. The molecule has 0 saturated heterocycles. The number of hydrazine groups is 2. The van der Waals surface area contributed by atoms with Gasteiger partial charge < -0.3 is 16.4 Å². The predicted molar refractivity (Wildman–Crippen MR) is 132 cm³/mol. The second kappa shape index (κ2) is 9.18. The van der Waals surface area contributed by atoms with Gasteiger partial charge in [-0.15, -0.1) is 5.53 Å². The van der Waals surface area contributed by atoms with Crippen LogP contribution in [0, 0.1) is 0 Å². The minimum Gasteiger partial charge on any atom is -0.350 e. The van der Waals surface area contributed by atoms with Gasteiger partial charge >= 0.3 is 0 Å². The molecule has 0 bridgehead atoms. The van der Waals surface area contributed by atoms with Gasteiger partial charge in [0.05, 0.1) is 0 Å². The summed E-state index contributed by atoms with van der Waals surface area (Å²) in [6.07, 6.45) is 4.45. The first kappa shape index (κ1) is 22.1. The molecule has 8 nitrogen and oxygen atoms in total. The lowest BCUT2D eigenvalue weighted by atomic mass is 9.91. The van der Waals surface area contributed by atoms with E-state index in [0.29, 0.717) is 5.95 Å². The summed E-state index contributed by atoms with van der Waals surface area (Å²) in [4.78, 5) is 9.84. The van der Waals surface area contributed by atoms with E-state index in [2.05, 4.69) is 69.8 Å². The number of aromatic nitrogens is 2. The molecule has 1 aromatic carbocycles. The van der Waals surface area contributed by atoms with E-state index in [1.807, 2.05) is 24.3 Å². The first-order chi connectivity index (χ1) is 14.8. The van der Waals surface area contributed by atoms with Crippen LogP contribution in [0.2, 0.25) is 0 Å². The number of nitrogens with zero attached hydrogens (tertiary/aromatic N) is 4. The Morgan fingerprint density at radius 2 is 1.71 bits per heavy atom. The van der Waals surface area contributed by atoms with Crippen molar-refractivity contribution in [1.29, 1.82) is 0 Å². The minimum atomic E-state index is 0.125. The zero-order valence-electron chi connectivity index (χ0n) is 18.7. The van der Waals surface area contributed by atoms with Gasteiger partial charge in [0, 0.05) is 34.3 Å². The largest absolute Gasteiger partial charge is 0.350 e. The quantitative estimate of drug-likeness (QED) is 0.471. The second-order valence-electron chi connectivity index (χ2n) is 8.93. The summed E-state index contributed by atoms with van der Waals surface area (Å²) in [5, 5.41) is 11.3. The Morgan fingerprint density at radius 3 is 2.35 bits per heavy atom. The maximum absolute atomic E-state index is 6.38. The van der Waals surface area contributed by atoms with Crippen LogP contribution in [0.5, 0.6) is 0 Å². The lowest BCUT2D eigenvalue weighted by Crippen LogP contribution is -2.50. The Balaban J connectivity index is 1.75. The van der Waals surface area contributed by atoms with Crippen LogP contribution >= 0.6 is 15.9 Å². The first-order valence-electron chi connectivity index (χ1n) is 11.1. The molecule has 9 heteroatoms. The van der Waals surface area contributed by atoms with Crippen molar-refractivity contribution < 1.29 is 0 Å². The van der Waals surface area contributed by atoms with Gasteiger partial charge in [-0.3, -0.25) is 10.0 Å². The number of anilines is 5. The molecule has 2 heterocycles. The van der Waals surface area contributed by atoms with E-state index in [4.69, 9.17) is 15.7 Å². The number of nitrogens with one attached hydrogen (secondary N) is 3. The molecule has 168 valence electrons. The molecule has 0 radical (unpaired) electrons. The third-order valence-corrected chi connectivity index (χ3v) is 6.35. The predicted octanol–water partition coefficient (Wildman–Crippen LogP) is 4.53. The van der Waals surface area contributed by atoms with Crippen LogP contribution in [0.25, 0.3) is 0 Å². The van der Waals surface area contributed by atoms with E-state index in [1.165, 1.54) is 12.8 Å². The molecule has 2 aromatic rings. The van der Waals surface area contributed by atoms with Gasteiger partial charge in [0.2, 0.25) is 5.95 Å². The van der Waals surface area contributed by atoms with Crippen LogP contribution in [0.1, 0.15) is 53.4 Å². The highest BCUT2D eigenvalue weighted by atomic mass is 79.9. The van der Waals surface area contributed by atoms with Gasteiger partial charge in [0.15, 0.2) is 11.6 Å². The molecular formula is C22H33BrN8. The fraction of sp³-hybridized carbons (Fsp3) is 0.545. The van der Waals surface area contributed by atoms with Crippen molar-refractivity contribution in [3.63, 3.8) is 0 Å². The van der Waals surface area contributed by atoms with E-state index < -0.39 is 0 Å². The molecule has 2 aliphatic rings. The van der Waals surface area contributed by atoms with Crippen molar-refractivity contribution in [1.82, 2.24) is 15.5 Å². The van der Waals surface area contributed by atoms with Crippen LogP contribution < -0.4 is 31.9 Å². The molecule has 1 aliphatic carbocycles. The van der Waals surface area contributed by atoms with Gasteiger partial charge in [-0.05, 0) is 64.8 Å². The molecule has 1 saturated carbocycles. The highest BCUT2D eigenvalue weighted by Gasteiger charge is 2.35. The Bertz CT molecular complexity index is 901. The lowest BCUT2D eigenvalue weighted by Gasteiger charge is -2.29. The summed E-state index contributed by atoms with van der Waals surface area (Å²) < 4.78 is 1.04. The number of hydrogen-bond donors (Lipinski definition) is 4. The van der Waals surface area contributed by atoms with Gasteiger partial charge in [0.1, 0.15) is 5.69 Å². The molecule has 0 spiro atoms. The van der Waals surface area contributed by atoms with Gasteiger partial charge in [0.25, 0.3) is 0 Å². The number of rotatable bonds is 6. The van der Waals surface area contributed by atoms with Crippen LogP contribution in [0.3, 0.4) is 0 Å². The Labute approximate surface area is 193 Å². The molecule has 2 atom stereocenters. The third-order valence-electron chi connectivity index (χ3n) is 5.82. The molecular weight excluding hydrogens is 456 g/mol. The summed E-state index contributed by atoms with van der Waals surface area (Å²) in [5.74, 6) is 2.24. The topological polar surface area (TPSA) is 94.4 Å². The van der Waals surface area contributed by atoms with E-state index in [-0.39, 0.29) is 24.2 Å². The highest BCUT2D eigenvalue weighted by molar-refractivity contribution is 9.10. The molecule has 1 aromatic heterocycles. The fourth-order valence-corrected chi connectivity index (χ4v) is 4.37. The Hall–Kier alpha value is -2.10. The third kappa shape index (κ3) is 4.73. The summed E-state index contributed by atoms with van der Waals surface area (Å²) in [7, 11) is 0. The average molecular weight is 489 g/mol. The van der Waals surface area contributed by atoms with Crippen molar-refractivity contribution >= 4 is 44.9 Å². The zero-order chi connectivity index (χ0) is 22.1. The summed E-state index contributed by atoms with van der Waals surface area (Å²) in [6.45, 7) is 8.60. The average Bonchev–Trinajstić information content (AvgIpc) is 3.12. The summed E-state index contributed by atoms with van der Waals surface area (Å²) in [6, 6.07) is 8.86. The van der Waals surface area contributed by atoms with Crippen molar-refractivity contribution in [3.05, 3.63) is 28.7 Å². The first-order valence-corrected chi connectivity index (χ1v) is 11.9. The van der Waals surface area contributed by atoms with E-state index >= 15 is 0 Å².